The van der Waals surface area contributed by atoms with Crippen LogP contribution in [-0.4, -0.2) is 40.3 Å². The average molecular weight is 446 g/mol. The van der Waals surface area contributed by atoms with Gasteiger partial charge in [0.15, 0.2) is 0 Å². The van der Waals surface area contributed by atoms with Crippen molar-refractivity contribution in [3.05, 3.63) is 77.9 Å². The van der Waals surface area contributed by atoms with Gasteiger partial charge in [-0.15, -0.1) is 4.59 Å². The predicted molar refractivity (Wildman–Crippen MR) is 127 cm³/mol. The smallest absolute Gasteiger partial charge is 0.333 e. The zero-order valence-electron chi connectivity index (χ0n) is 17.9. The number of hydrogen-bond donors (Lipinski definition) is 5. The van der Waals surface area contributed by atoms with Crippen LogP contribution in [0.25, 0.3) is 0 Å². The monoisotopic (exact) mass is 446 g/mol. The molecule has 4 rings (SSSR count). The molecule has 0 aromatic heterocycles. The first-order valence-electron chi connectivity index (χ1n) is 10.3. The molecule has 10 heteroatoms. The summed E-state index contributed by atoms with van der Waals surface area (Å²) in [4.78, 5) is 33.5. The maximum absolute atomic E-state index is 12.8. The summed E-state index contributed by atoms with van der Waals surface area (Å²) in [5.74, 6) is 6.06. The Morgan fingerprint density at radius 1 is 1.03 bits per heavy atom. The number of aliphatic imine (C=N–C) groups is 2. The van der Waals surface area contributed by atoms with E-state index in [4.69, 9.17) is 10.9 Å². The summed E-state index contributed by atoms with van der Waals surface area (Å²) in [7, 11) is 0. The lowest BCUT2D eigenvalue weighted by atomic mass is 10.1. The first-order valence-corrected chi connectivity index (χ1v) is 10.3. The zero-order chi connectivity index (χ0) is 23.4. The molecule has 2 aromatic carbocycles. The SMILES string of the molecule is CC1=C2C=NC=C[N+]2(N)C(C(=O)Nc2ccc(NC(=O)Nc3cccc(CCO)c3)cc2)=N1. The Morgan fingerprint density at radius 3 is 2.45 bits per heavy atom. The third-order valence-electron chi connectivity index (χ3n) is 5.17. The lowest BCUT2D eigenvalue weighted by Gasteiger charge is -2.25. The van der Waals surface area contributed by atoms with Gasteiger partial charge in [-0.05, 0) is 55.3 Å². The number of amidine groups is 1. The van der Waals surface area contributed by atoms with Crippen molar-refractivity contribution in [1.29, 1.82) is 0 Å². The zero-order valence-corrected chi connectivity index (χ0v) is 17.9. The van der Waals surface area contributed by atoms with E-state index < -0.39 is 11.9 Å². The average Bonchev–Trinajstić information content (AvgIpc) is 3.06. The molecule has 0 saturated heterocycles. The molecule has 0 spiro atoms. The number of aliphatic hydroxyl groups is 1. The van der Waals surface area contributed by atoms with Crippen LogP contribution in [-0.2, 0) is 11.2 Å². The number of urea groups is 1. The van der Waals surface area contributed by atoms with E-state index in [0.717, 1.165) is 5.56 Å². The van der Waals surface area contributed by atoms with Crippen molar-refractivity contribution in [3.63, 3.8) is 0 Å². The van der Waals surface area contributed by atoms with Crippen molar-refractivity contribution in [2.75, 3.05) is 22.6 Å². The molecule has 33 heavy (non-hydrogen) atoms. The van der Waals surface area contributed by atoms with Crippen LogP contribution in [0.15, 0.2) is 82.3 Å². The molecule has 0 radical (unpaired) electrons. The molecular weight excluding hydrogens is 422 g/mol. The molecule has 168 valence electrons. The molecule has 2 heterocycles. The Bertz CT molecular complexity index is 1210. The fourth-order valence-electron chi connectivity index (χ4n) is 3.55. The van der Waals surface area contributed by atoms with Gasteiger partial charge in [-0.1, -0.05) is 12.1 Å². The highest BCUT2D eigenvalue weighted by Gasteiger charge is 2.45. The number of carbonyl (C=O) groups excluding carboxylic acids is 2. The molecule has 10 nitrogen and oxygen atoms in total. The summed E-state index contributed by atoms with van der Waals surface area (Å²) in [5.41, 5.74) is 3.89. The number of quaternary nitrogens is 1. The van der Waals surface area contributed by atoms with E-state index in [-0.39, 0.29) is 17.0 Å². The molecule has 0 bridgehead atoms. The fraction of sp³-hybridized carbons (Fsp3) is 0.130. The van der Waals surface area contributed by atoms with Gasteiger partial charge in [-0.25, -0.2) is 4.79 Å². The molecule has 2 aromatic rings. The van der Waals surface area contributed by atoms with Gasteiger partial charge >= 0.3 is 17.8 Å². The van der Waals surface area contributed by atoms with Gasteiger partial charge < -0.3 is 21.1 Å². The Hall–Kier alpha value is -4.12. The van der Waals surface area contributed by atoms with Crippen molar-refractivity contribution in [2.45, 2.75) is 13.3 Å². The summed E-state index contributed by atoms with van der Waals surface area (Å²) >= 11 is 0. The number of amides is 3. The van der Waals surface area contributed by atoms with Crippen LogP contribution in [0.3, 0.4) is 0 Å². The maximum atomic E-state index is 12.8. The number of nitrogens with two attached hydrogens (primary N) is 1. The lowest BCUT2D eigenvalue weighted by molar-refractivity contribution is -0.749. The third kappa shape index (κ3) is 4.72. The van der Waals surface area contributed by atoms with Gasteiger partial charge in [-0.2, -0.15) is 10.8 Å². The van der Waals surface area contributed by atoms with E-state index in [9.17, 15) is 9.59 Å². The number of benzene rings is 2. The summed E-state index contributed by atoms with van der Waals surface area (Å²) in [5, 5.41) is 17.3. The molecule has 1 unspecified atom stereocenters. The largest absolute Gasteiger partial charge is 0.396 e. The van der Waals surface area contributed by atoms with Gasteiger partial charge in [0, 0.05) is 23.7 Å². The minimum absolute atomic E-state index is 0.0411. The number of fused-ring (bicyclic) bond motifs is 1. The van der Waals surface area contributed by atoms with Gasteiger partial charge in [0.25, 0.3) is 0 Å². The topological polar surface area (TPSA) is 141 Å². The second-order valence-corrected chi connectivity index (χ2v) is 7.54. The van der Waals surface area contributed by atoms with Crippen LogP contribution in [0.4, 0.5) is 21.9 Å². The summed E-state index contributed by atoms with van der Waals surface area (Å²) in [6.45, 7) is 1.81. The van der Waals surface area contributed by atoms with Gasteiger partial charge in [0.2, 0.25) is 5.70 Å². The van der Waals surface area contributed by atoms with Gasteiger partial charge in [-0.3, -0.25) is 9.79 Å². The van der Waals surface area contributed by atoms with E-state index in [2.05, 4.69) is 25.9 Å². The minimum atomic E-state index is -0.437. The van der Waals surface area contributed by atoms with Crippen LogP contribution in [0.1, 0.15) is 12.5 Å². The number of nitrogens with zero attached hydrogens (tertiary/aromatic N) is 3. The quantitative estimate of drug-likeness (QED) is 0.344. The van der Waals surface area contributed by atoms with Crippen molar-refractivity contribution in [2.24, 2.45) is 15.8 Å². The Labute approximate surface area is 190 Å². The van der Waals surface area contributed by atoms with Crippen molar-refractivity contribution in [3.8, 4) is 0 Å². The second kappa shape index (κ2) is 9.17. The van der Waals surface area contributed by atoms with Crippen LogP contribution >= 0.6 is 0 Å². The van der Waals surface area contributed by atoms with Crippen LogP contribution in [0.5, 0.6) is 0 Å². The van der Waals surface area contributed by atoms with E-state index in [0.29, 0.717) is 34.9 Å². The molecule has 3 amide bonds. The van der Waals surface area contributed by atoms with E-state index in [1.807, 2.05) is 12.1 Å². The molecule has 2 aliphatic heterocycles. The number of aliphatic hydroxyl groups excluding tert-OH is 1. The lowest BCUT2D eigenvalue weighted by Crippen LogP contribution is -2.56. The molecule has 2 aliphatic rings. The number of allylic oxidation sites excluding steroid dienone is 2. The van der Waals surface area contributed by atoms with Crippen molar-refractivity contribution >= 4 is 41.1 Å². The third-order valence-corrected chi connectivity index (χ3v) is 5.17. The maximum Gasteiger partial charge on any atom is 0.333 e. The van der Waals surface area contributed by atoms with Crippen molar-refractivity contribution < 1.29 is 19.3 Å². The number of rotatable bonds is 6. The molecular formula is C23H24N7O3+. The van der Waals surface area contributed by atoms with Gasteiger partial charge in [0.1, 0.15) is 11.9 Å². The second-order valence-electron chi connectivity index (χ2n) is 7.54. The highest BCUT2D eigenvalue weighted by Crippen LogP contribution is 2.28. The van der Waals surface area contributed by atoms with E-state index in [1.54, 1.807) is 55.7 Å². The normalized spacial score (nSPS) is 18.6. The number of anilines is 3. The molecule has 0 saturated carbocycles. The predicted octanol–water partition coefficient (Wildman–Crippen LogP) is 2.69. The molecule has 0 fully saturated rings. The van der Waals surface area contributed by atoms with Gasteiger partial charge in [0.05, 0.1) is 12.4 Å². The van der Waals surface area contributed by atoms with Crippen LogP contribution < -0.4 is 21.8 Å². The molecule has 6 N–H and O–H groups in total. The number of hydrogen-bond acceptors (Lipinski definition) is 6. The molecule has 1 atom stereocenters. The fourth-order valence-corrected chi connectivity index (χ4v) is 3.55. The highest BCUT2D eigenvalue weighted by molar-refractivity contribution is 6.40. The summed E-state index contributed by atoms with van der Waals surface area (Å²) < 4.78 is -0.333. The Morgan fingerprint density at radius 2 is 1.73 bits per heavy atom. The number of nitrogens with one attached hydrogen (secondary N) is 3. The Balaban J connectivity index is 1.36. The first-order chi connectivity index (χ1) is 15.9. The van der Waals surface area contributed by atoms with E-state index >= 15 is 0 Å². The first kappa shape index (κ1) is 22.1. The molecule has 0 aliphatic carbocycles. The summed E-state index contributed by atoms with van der Waals surface area (Å²) in [6.07, 6.45) is 5.23. The van der Waals surface area contributed by atoms with Crippen LogP contribution in [0.2, 0.25) is 0 Å². The number of carbonyl (C=O) groups is 2. The van der Waals surface area contributed by atoms with Crippen LogP contribution in [0, 0.1) is 0 Å². The minimum Gasteiger partial charge on any atom is -0.396 e. The summed E-state index contributed by atoms with van der Waals surface area (Å²) in [6, 6.07) is 13.5. The standard InChI is InChI=1S/C23H23N7O3/c1-15-20-14-25-10-11-30(20,24)21(26-15)22(32)27-17-5-7-18(8-6-17)28-23(33)29-19-4-2-3-16(13-19)9-12-31/h2-8,10-11,13-14,31H,9,12,24H2,1H3,(H2-,25,26,27,28,29,32,33)/p+1. The Kier molecular flexibility index (Phi) is 6.13. The van der Waals surface area contributed by atoms with E-state index in [1.165, 1.54) is 6.20 Å². The van der Waals surface area contributed by atoms with Crippen molar-refractivity contribution in [1.82, 2.24) is 0 Å². The highest BCUT2D eigenvalue weighted by atomic mass is 16.3.